The van der Waals surface area contributed by atoms with Gasteiger partial charge in [-0.15, -0.1) is 0 Å². The number of rotatable bonds is 8. The van der Waals surface area contributed by atoms with Gasteiger partial charge < -0.3 is 5.73 Å². The molecule has 0 fully saturated rings. The van der Waals surface area contributed by atoms with Gasteiger partial charge in [-0.1, -0.05) is 19.8 Å². The van der Waals surface area contributed by atoms with Gasteiger partial charge in [0, 0.05) is 6.42 Å². The first-order valence-electron chi connectivity index (χ1n) is 4.68. The van der Waals surface area contributed by atoms with Crippen molar-refractivity contribution in [2.75, 3.05) is 11.5 Å². The highest BCUT2D eigenvalue weighted by Gasteiger charge is 1.91. The molecular weight excluding hydrogens is 168 g/mol. The number of nitrogens with two attached hydrogens (primary N) is 1. The fourth-order valence-corrected chi connectivity index (χ4v) is 1.88. The molecule has 12 heavy (non-hydrogen) atoms. The molecular formula is C9H20N2S. The topological polar surface area (TPSA) is 49.9 Å². The van der Waals surface area contributed by atoms with Gasteiger partial charge in [-0.05, 0) is 24.3 Å². The van der Waals surface area contributed by atoms with E-state index in [9.17, 15) is 0 Å². The van der Waals surface area contributed by atoms with Gasteiger partial charge in [0.15, 0.2) is 0 Å². The summed E-state index contributed by atoms with van der Waals surface area (Å²) in [6, 6.07) is 0. The molecule has 0 aromatic rings. The van der Waals surface area contributed by atoms with Crippen molar-refractivity contribution in [2.24, 2.45) is 5.73 Å². The van der Waals surface area contributed by atoms with Crippen LogP contribution in [0.3, 0.4) is 0 Å². The van der Waals surface area contributed by atoms with E-state index in [0.717, 1.165) is 18.6 Å². The predicted molar refractivity (Wildman–Crippen MR) is 58.0 cm³/mol. The highest BCUT2D eigenvalue weighted by molar-refractivity contribution is 7.99. The van der Waals surface area contributed by atoms with Crippen molar-refractivity contribution in [3.8, 4) is 0 Å². The van der Waals surface area contributed by atoms with Crippen LogP contribution in [0.15, 0.2) is 0 Å². The maximum absolute atomic E-state index is 7.01. The quantitative estimate of drug-likeness (QED) is 0.349. The monoisotopic (exact) mass is 188 g/mol. The lowest BCUT2D eigenvalue weighted by Crippen LogP contribution is -2.08. The van der Waals surface area contributed by atoms with E-state index in [0.29, 0.717) is 5.84 Å². The lowest BCUT2D eigenvalue weighted by atomic mass is 10.3. The maximum Gasteiger partial charge on any atom is 0.0905 e. The Labute approximate surface area is 79.8 Å². The molecule has 0 rings (SSSR count). The number of hydrogen-bond acceptors (Lipinski definition) is 2. The zero-order valence-corrected chi connectivity index (χ0v) is 8.75. The molecule has 3 heteroatoms. The SMILES string of the molecule is CCCCCSCCCC(=N)N. The van der Waals surface area contributed by atoms with Crippen LogP contribution in [-0.4, -0.2) is 17.3 Å². The van der Waals surface area contributed by atoms with Gasteiger partial charge >= 0.3 is 0 Å². The van der Waals surface area contributed by atoms with Gasteiger partial charge in [0.25, 0.3) is 0 Å². The van der Waals surface area contributed by atoms with Crippen LogP contribution >= 0.6 is 11.8 Å². The van der Waals surface area contributed by atoms with Crippen LogP contribution in [0.1, 0.15) is 39.0 Å². The Morgan fingerprint density at radius 2 is 1.92 bits per heavy atom. The molecule has 0 radical (unpaired) electrons. The van der Waals surface area contributed by atoms with Gasteiger partial charge in [-0.3, -0.25) is 5.41 Å². The Kier molecular flexibility index (Phi) is 8.78. The molecule has 72 valence electrons. The standard InChI is InChI=1S/C9H20N2S/c1-2-3-4-7-12-8-5-6-9(10)11/h2-8H2,1H3,(H3,10,11). The maximum atomic E-state index is 7.01. The summed E-state index contributed by atoms with van der Waals surface area (Å²) in [6.07, 6.45) is 5.81. The average molecular weight is 188 g/mol. The van der Waals surface area contributed by atoms with Crippen molar-refractivity contribution in [2.45, 2.75) is 39.0 Å². The molecule has 0 bridgehead atoms. The summed E-state index contributed by atoms with van der Waals surface area (Å²) in [4.78, 5) is 0. The summed E-state index contributed by atoms with van der Waals surface area (Å²) in [5, 5.41) is 7.01. The molecule has 0 aliphatic carbocycles. The molecule has 0 aliphatic rings. The molecule has 0 spiro atoms. The zero-order chi connectivity index (χ0) is 9.23. The van der Waals surface area contributed by atoms with Crippen LogP contribution in [-0.2, 0) is 0 Å². The lowest BCUT2D eigenvalue weighted by Gasteiger charge is -1.99. The highest BCUT2D eigenvalue weighted by Crippen LogP contribution is 2.08. The Morgan fingerprint density at radius 3 is 2.50 bits per heavy atom. The molecule has 0 unspecified atom stereocenters. The molecule has 0 aromatic carbocycles. The van der Waals surface area contributed by atoms with E-state index in [1.165, 1.54) is 25.0 Å². The normalized spacial score (nSPS) is 10.1. The van der Waals surface area contributed by atoms with E-state index < -0.39 is 0 Å². The third-order valence-corrected chi connectivity index (χ3v) is 2.78. The van der Waals surface area contributed by atoms with Gasteiger partial charge in [0.2, 0.25) is 0 Å². The van der Waals surface area contributed by atoms with Crippen LogP contribution < -0.4 is 5.73 Å². The second kappa shape index (κ2) is 8.91. The minimum Gasteiger partial charge on any atom is -0.388 e. The number of hydrogen-bond donors (Lipinski definition) is 2. The molecule has 0 amide bonds. The molecule has 2 nitrogen and oxygen atoms in total. The van der Waals surface area contributed by atoms with Crippen LogP contribution in [0.4, 0.5) is 0 Å². The first-order valence-corrected chi connectivity index (χ1v) is 5.83. The summed E-state index contributed by atoms with van der Waals surface area (Å²) in [7, 11) is 0. The fourth-order valence-electron chi connectivity index (χ4n) is 0.921. The smallest absolute Gasteiger partial charge is 0.0905 e. The van der Waals surface area contributed by atoms with Crippen molar-refractivity contribution in [1.29, 1.82) is 5.41 Å². The summed E-state index contributed by atoms with van der Waals surface area (Å²) in [5.74, 6) is 2.75. The van der Waals surface area contributed by atoms with Crippen molar-refractivity contribution in [1.82, 2.24) is 0 Å². The summed E-state index contributed by atoms with van der Waals surface area (Å²) < 4.78 is 0. The minimum atomic E-state index is 0.323. The Morgan fingerprint density at radius 1 is 1.25 bits per heavy atom. The molecule has 0 atom stereocenters. The van der Waals surface area contributed by atoms with Crippen LogP contribution in [0.5, 0.6) is 0 Å². The summed E-state index contributed by atoms with van der Waals surface area (Å²) in [6.45, 7) is 2.22. The lowest BCUT2D eigenvalue weighted by molar-refractivity contribution is 0.778. The number of unbranched alkanes of at least 4 members (excludes halogenated alkanes) is 2. The second-order valence-electron chi connectivity index (χ2n) is 2.95. The van der Waals surface area contributed by atoms with Crippen molar-refractivity contribution >= 4 is 17.6 Å². The van der Waals surface area contributed by atoms with Gasteiger partial charge in [-0.2, -0.15) is 11.8 Å². The van der Waals surface area contributed by atoms with Gasteiger partial charge in [0.05, 0.1) is 5.84 Å². The van der Waals surface area contributed by atoms with E-state index in [-0.39, 0.29) is 0 Å². The molecule has 0 saturated carbocycles. The van der Waals surface area contributed by atoms with E-state index >= 15 is 0 Å². The van der Waals surface area contributed by atoms with Gasteiger partial charge in [-0.25, -0.2) is 0 Å². The predicted octanol–water partition coefficient (Wildman–Crippen LogP) is 2.63. The van der Waals surface area contributed by atoms with Crippen LogP contribution in [0, 0.1) is 5.41 Å². The zero-order valence-electron chi connectivity index (χ0n) is 7.94. The Hall–Kier alpha value is -0.180. The van der Waals surface area contributed by atoms with Gasteiger partial charge in [0.1, 0.15) is 0 Å². The number of amidine groups is 1. The molecule has 0 saturated heterocycles. The fraction of sp³-hybridized carbons (Fsp3) is 0.889. The summed E-state index contributed by atoms with van der Waals surface area (Å²) >= 11 is 1.98. The molecule has 3 N–H and O–H groups in total. The molecule has 0 aromatic heterocycles. The first-order chi connectivity index (χ1) is 5.77. The highest BCUT2D eigenvalue weighted by atomic mass is 32.2. The largest absolute Gasteiger partial charge is 0.388 e. The average Bonchev–Trinajstić information content (AvgIpc) is 2.02. The van der Waals surface area contributed by atoms with E-state index in [2.05, 4.69) is 6.92 Å². The van der Waals surface area contributed by atoms with E-state index in [4.69, 9.17) is 11.1 Å². The minimum absolute atomic E-state index is 0.323. The second-order valence-corrected chi connectivity index (χ2v) is 4.17. The molecule has 0 aliphatic heterocycles. The number of nitrogens with one attached hydrogen (secondary N) is 1. The van der Waals surface area contributed by atoms with Crippen LogP contribution in [0.25, 0.3) is 0 Å². The van der Waals surface area contributed by atoms with E-state index in [1.807, 2.05) is 11.8 Å². The van der Waals surface area contributed by atoms with Crippen LogP contribution in [0.2, 0.25) is 0 Å². The van der Waals surface area contributed by atoms with Crippen molar-refractivity contribution in [3.63, 3.8) is 0 Å². The molecule has 0 heterocycles. The Bertz CT molecular complexity index is 115. The Balaban J connectivity index is 2.86. The van der Waals surface area contributed by atoms with Crippen molar-refractivity contribution < 1.29 is 0 Å². The number of thioether (sulfide) groups is 1. The van der Waals surface area contributed by atoms with E-state index in [1.54, 1.807) is 0 Å². The van der Waals surface area contributed by atoms with Crippen molar-refractivity contribution in [3.05, 3.63) is 0 Å². The third kappa shape index (κ3) is 9.82. The third-order valence-electron chi connectivity index (χ3n) is 1.63. The summed E-state index contributed by atoms with van der Waals surface area (Å²) in [5.41, 5.74) is 5.23. The first kappa shape index (κ1) is 11.8.